The number of guanidine groups is 1. The third-order valence-electron chi connectivity index (χ3n) is 1.99. The van der Waals surface area contributed by atoms with Gasteiger partial charge in [-0.1, -0.05) is 0 Å². The van der Waals surface area contributed by atoms with Crippen molar-refractivity contribution in [3.63, 3.8) is 0 Å². The van der Waals surface area contributed by atoms with E-state index in [2.05, 4.69) is 39.2 Å². The highest BCUT2D eigenvalue weighted by molar-refractivity contribution is 9.10. The molecule has 0 radical (unpaired) electrons. The molecule has 3 nitrogen and oxygen atoms in total. The number of aryl methyl sites for hydroxylation is 1. The molecule has 1 aromatic rings. The number of aliphatic imine (C=N–C) groups is 1. The molecule has 3 N–H and O–H groups in total. The quantitative estimate of drug-likeness (QED) is 0.808. The van der Waals surface area contributed by atoms with Crippen molar-refractivity contribution in [2.75, 3.05) is 6.54 Å². The second-order valence-electron chi connectivity index (χ2n) is 2.98. The van der Waals surface area contributed by atoms with E-state index in [0.717, 1.165) is 6.54 Å². The molecule has 1 aliphatic rings. The van der Waals surface area contributed by atoms with Crippen LogP contribution >= 0.6 is 27.3 Å². The summed E-state index contributed by atoms with van der Waals surface area (Å²) in [5.74, 6) is 0.548. The largest absolute Gasteiger partial charge is 0.370 e. The molecule has 2 heterocycles. The van der Waals surface area contributed by atoms with Crippen molar-refractivity contribution in [1.29, 1.82) is 0 Å². The summed E-state index contributed by atoms with van der Waals surface area (Å²) in [4.78, 5) is 6.69. The predicted octanol–water partition coefficient (Wildman–Crippen LogP) is 1.78. The molecule has 0 aromatic carbocycles. The van der Waals surface area contributed by atoms with Crippen molar-refractivity contribution in [2.45, 2.75) is 13.0 Å². The fraction of sp³-hybridized carbons (Fsp3) is 0.375. The van der Waals surface area contributed by atoms with Gasteiger partial charge in [0.05, 0.1) is 12.6 Å². The molecular formula is C8H10BrN3S. The van der Waals surface area contributed by atoms with E-state index >= 15 is 0 Å². The Balaban J connectivity index is 2.19. The van der Waals surface area contributed by atoms with Crippen LogP contribution in [0.15, 0.2) is 15.5 Å². The Morgan fingerprint density at radius 1 is 1.77 bits per heavy atom. The van der Waals surface area contributed by atoms with Crippen LogP contribution in [0.2, 0.25) is 0 Å². The molecule has 5 heteroatoms. The number of halogens is 1. The summed E-state index contributed by atoms with van der Waals surface area (Å²) in [7, 11) is 0. The average Bonchev–Trinajstić information content (AvgIpc) is 2.61. The third-order valence-corrected chi connectivity index (χ3v) is 4.24. The monoisotopic (exact) mass is 259 g/mol. The molecule has 2 rings (SSSR count). The van der Waals surface area contributed by atoms with Gasteiger partial charge in [-0.15, -0.1) is 11.3 Å². The Morgan fingerprint density at radius 3 is 3.00 bits per heavy atom. The van der Waals surface area contributed by atoms with E-state index in [0.29, 0.717) is 5.96 Å². The molecule has 13 heavy (non-hydrogen) atoms. The van der Waals surface area contributed by atoms with Gasteiger partial charge in [0.15, 0.2) is 5.96 Å². The van der Waals surface area contributed by atoms with E-state index in [1.54, 1.807) is 11.3 Å². The Morgan fingerprint density at radius 2 is 2.54 bits per heavy atom. The van der Waals surface area contributed by atoms with Crippen molar-refractivity contribution in [3.8, 4) is 0 Å². The fourth-order valence-electron chi connectivity index (χ4n) is 1.27. The van der Waals surface area contributed by atoms with Crippen LogP contribution in [0.25, 0.3) is 0 Å². The second kappa shape index (κ2) is 3.31. The molecule has 0 fully saturated rings. The second-order valence-corrected chi connectivity index (χ2v) is 5.12. The smallest absolute Gasteiger partial charge is 0.189 e. The average molecular weight is 260 g/mol. The molecule has 0 bridgehead atoms. The topological polar surface area (TPSA) is 50.4 Å². The van der Waals surface area contributed by atoms with Crippen LogP contribution < -0.4 is 11.1 Å². The maximum atomic E-state index is 5.54. The predicted molar refractivity (Wildman–Crippen MR) is 59.1 cm³/mol. The summed E-state index contributed by atoms with van der Waals surface area (Å²) in [5, 5.41) is 3.13. The van der Waals surface area contributed by atoms with E-state index in [4.69, 9.17) is 5.73 Å². The highest BCUT2D eigenvalue weighted by Crippen LogP contribution is 2.31. The van der Waals surface area contributed by atoms with E-state index < -0.39 is 0 Å². The van der Waals surface area contributed by atoms with Gasteiger partial charge in [-0.05, 0) is 28.9 Å². The van der Waals surface area contributed by atoms with E-state index in [-0.39, 0.29) is 6.04 Å². The summed E-state index contributed by atoms with van der Waals surface area (Å²) < 4.78 is 1.17. The lowest BCUT2D eigenvalue weighted by Crippen LogP contribution is -2.29. The minimum absolute atomic E-state index is 0.273. The van der Waals surface area contributed by atoms with Crippen LogP contribution in [0.4, 0.5) is 0 Å². The van der Waals surface area contributed by atoms with Crippen LogP contribution in [0.3, 0.4) is 0 Å². The Labute approximate surface area is 89.2 Å². The van der Waals surface area contributed by atoms with Crippen molar-refractivity contribution in [2.24, 2.45) is 10.7 Å². The molecule has 70 valence electrons. The number of rotatable bonds is 1. The summed E-state index contributed by atoms with van der Waals surface area (Å²) in [6.07, 6.45) is 0. The number of nitrogens with zero attached hydrogens (tertiary/aromatic N) is 1. The Hall–Kier alpha value is -0.550. The normalized spacial score (nSPS) is 21.4. The van der Waals surface area contributed by atoms with Crippen LogP contribution in [-0.4, -0.2) is 12.5 Å². The van der Waals surface area contributed by atoms with Gasteiger partial charge in [0, 0.05) is 14.2 Å². The summed E-state index contributed by atoms with van der Waals surface area (Å²) in [6.45, 7) is 2.84. The van der Waals surface area contributed by atoms with Crippen LogP contribution in [0, 0.1) is 6.92 Å². The first kappa shape index (κ1) is 9.02. The van der Waals surface area contributed by atoms with Crippen molar-refractivity contribution < 1.29 is 0 Å². The molecule has 1 unspecified atom stereocenters. The lowest BCUT2D eigenvalue weighted by molar-refractivity contribution is 0.721. The fourth-order valence-corrected chi connectivity index (χ4v) is 2.88. The molecule has 1 aliphatic heterocycles. The highest BCUT2D eigenvalue weighted by Gasteiger charge is 2.19. The minimum Gasteiger partial charge on any atom is -0.370 e. The third kappa shape index (κ3) is 1.71. The van der Waals surface area contributed by atoms with Gasteiger partial charge in [-0.2, -0.15) is 0 Å². The van der Waals surface area contributed by atoms with Crippen molar-refractivity contribution >= 4 is 33.2 Å². The van der Waals surface area contributed by atoms with E-state index in [1.165, 1.54) is 14.2 Å². The molecule has 0 saturated heterocycles. The molecule has 1 aromatic heterocycles. The SMILES string of the molecule is Cc1sc(C2CN=C(N)N2)cc1Br. The van der Waals surface area contributed by atoms with Gasteiger partial charge < -0.3 is 11.1 Å². The summed E-state index contributed by atoms with van der Waals surface area (Å²) in [5.41, 5.74) is 5.54. The van der Waals surface area contributed by atoms with Crippen molar-refractivity contribution in [3.05, 3.63) is 20.3 Å². The number of hydrogen-bond donors (Lipinski definition) is 2. The van der Waals surface area contributed by atoms with Crippen LogP contribution in [0.5, 0.6) is 0 Å². The van der Waals surface area contributed by atoms with Crippen LogP contribution in [-0.2, 0) is 0 Å². The summed E-state index contributed by atoms with van der Waals surface area (Å²) in [6, 6.07) is 2.40. The molecule has 0 amide bonds. The lowest BCUT2D eigenvalue weighted by atomic mass is 10.2. The highest BCUT2D eigenvalue weighted by atomic mass is 79.9. The molecular weight excluding hydrogens is 250 g/mol. The van der Waals surface area contributed by atoms with Crippen molar-refractivity contribution in [1.82, 2.24) is 5.32 Å². The van der Waals surface area contributed by atoms with Gasteiger partial charge >= 0.3 is 0 Å². The molecule has 0 spiro atoms. The maximum Gasteiger partial charge on any atom is 0.189 e. The first-order valence-electron chi connectivity index (χ1n) is 3.99. The minimum atomic E-state index is 0.273. The number of thiophene rings is 1. The van der Waals surface area contributed by atoms with E-state index in [1.807, 2.05) is 0 Å². The van der Waals surface area contributed by atoms with Crippen LogP contribution in [0.1, 0.15) is 15.8 Å². The first-order valence-corrected chi connectivity index (χ1v) is 5.60. The zero-order valence-electron chi connectivity index (χ0n) is 7.17. The maximum absolute atomic E-state index is 5.54. The lowest BCUT2D eigenvalue weighted by Gasteiger charge is -2.06. The number of hydrogen-bond acceptors (Lipinski definition) is 4. The first-order chi connectivity index (χ1) is 6.16. The number of nitrogens with two attached hydrogens (primary N) is 1. The van der Waals surface area contributed by atoms with Gasteiger partial charge in [0.1, 0.15) is 0 Å². The molecule has 0 aliphatic carbocycles. The Bertz CT molecular complexity index is 339. The number of nitrogens with one attached hydrogen (secondary N) is 1. The summed E-state index contributed by atoms with van der Waals surface area (Å²) >= 11 is 5.27. The van der Waals surface area contributed by atoms with Gasteiger partial charge in [-0.25, -0.2) is 0 Å². The van der Waals surface area contributed by atoms with Gasteiger partial charge in [0.2, 0.25) is 0 Å². The van der Waals surface area contributed by atoms with Gasteiger partial charge in [-0.3, -0.25) is 4.99 Å². The standard InChI is InChI=1S/C8H10BrN3S/c1-4-5(9)2-7(13-4)6-3-11-8(10)12-6/h2,6H,3H2,1H3,(H3,10,11,12). The van der Waals surface area contributed by atoms with Gasteiger partial charge in [0.25, 0.3) is 0 Å². The van der Waals surface area contributed by atoms with E-state index in [9.17, 15) is 0 Å². The molecule has 1 atom stereocenters. The zero-order chi connectivity index (χ0) is 9.42. The molecule has 0 saturated carbocycles. The Kier molecular flexibility index (Phi) is 2.29. The zero-order valence-corrected chi connectivity index (χ0v) is 9.58.